The third-order valence-corrected chi connectivity index (χ3v) is 2.05. The molecule has 0 saturated carbocycles. The van der Waals surface area contributed by atoms with Gasteiger partial charge in [0.2, 0.25) is 0 Å². The minimum atomic E-state index is -0.0402. The Labute approximate surface area is 84.3 Å². The average Bonchev–Trinajstić information content (AvgIpc) is 2.45. The number of aryl methyl sites for hydroxylation is 2. The number of unbranched alkanes of at least 4 members (excludes halogenated alkanes) is 1. The highest BCUT2D eigenvalue weighted by Gasteiger charge is 2.10. The molecule has 0 bridgehead atoms. The molecule has 0 radical (unpaired) electrons. The maximum atomic E-state index is 11.6. The van der Waals surface area contributed by atoms with Crippen LogP contribution < -0.4 is 5.32 Å². The Morgan fingerprint density at radius 1 is 1.64 bits per heavy atom. The van der Waals surface area contributed by atoms with Gasteiger partial charge >= 0.3 is 0 Å². The topological polar surface area (TPSA) is 46.9 Å². The molecule has 4 nitrogen and oxygen atoms in total. The van der Waals surface area contributed by atoms with Crippen LogP contribution >= 0.6 is 0 Å². The van der Waals surface area contributed by atoms with Crippen LogP contribution in [0.25, 0.3) is 0 Å². The lowest BCUT2D eigenvalue weighted by molar-refractivity contribution is 0.0944. The highest BCUT2D eigenvalue weighted by molar-refractivity contribution is 5.92. The van der Waals surface area contributed by atoms with E-state index in [1.807, 2.05) is 6.92 Å². The summed E-state index contributed by atoms with van der Waals surface area (Å²) in [6.45, 7) is 4.71. The largest absolute Gasteiger partial charge is 0.351 e. The summed E-state index contributed by atoms with van der Waals surface area (Å²) < 4.78 is 1.61. The van der Waals surface area contributed by atoms with Gasteiger partial charge in [0.25, 0.3) is 5.91 Å². The summed E-state index contributed by atoms with van der Waals surface area (Å²) in [5.41, 5.74) is 1.49. The van der Waals surface area contributed by atoms with Crippen LogP contribution in [-0.2, 0) is 7.05 Å². The molecule has 0 saturated heterocycles. The smallest absolute Gasteiger partial charge is 0.269 e. The molecule has 14 heavy (non-hydrogen) atoms. The molecule has 0 aliphatic rings. The van der Waals surface area contributed by atoms with Crippen LogP contribution in [0.1, 0.15) is 35.9 Å². The first-order valence-corrected chi connectivity index (χ1v) is 4.94. The second-order valence-electron chi connectivity index (χ2n) is 3.40. The minimum Gasteiger partial charge on any atom is -0.351 e. The first-order chi connectivity index (χ1) is 6.65. The van der Waals surface area contributed by atoms with Crippen molar-refractivity contribution in [2.24, 2.45) is 7.05 Å². The Morgan fingerprint density at radius 3 is 2.86 bits per heavy atom. The summed E-state index contributed by atoms with van der Waals surface area (Å²) in [6.07, 6.45) is 2.10. The van der Waals surface area contributed by atoms with Gasteiger partial charge in [0.1, 0.15) is 5.69 Å². The lowest BCUT2D eigenvalue weighted by Crippen LogP contribution is -2.26. The van der Waals surface area contributed by atoms with Gasteiger partial charge in [-0.15, -0.1) is 0 Å². The van der Waals surface area contributed by atoms with Crippen molar-refractivity contribution >= 4 is 5.91 Å². The van der Waals surface area contributed by atoms with Gasteiger partial charge in [-0.1, -0.05) is 13.3 Å². The van der Waals surface area contributed by atoms with Crippen molar-refractivity contribution in [2.75, 3.05) is 6.54 Å². The standard InChI is InChI=1S/C10H17N3O/c1-4-5-6-11-10(14)9-7-8(2)12-13(9)3/h7H,4-6H2,1-3H3,(H,11,14). The van der Waals surface area contributed by atoms with Gasteiger partial charge in [-0.05, 0) is 19.4 Å². The van der Waals surface area contributed by atoms with Crippen LogP contribution in [0.15, 0.2) is 6.07 Å². The number of rotatable bonds is 4. The van der Waals surface area contributed by atoms with Gasteiger partial charge < -0.3 is 5.32 Å². The van der Waals surface area contributed by atoms with Gasteiger partial charge in [0, 0.05) is 13.6 Å². The number of carbonyl (C=O) groups excluding carboxylic acids is 1. The molecule has 0 atom stereocenters. The van der Waals surface area contributed by atoms with Gasteiger partial charge in [-0.3, -0.25) is 9.48 Å². The van der Waals surface area contributed by atoms with E-state index < -0.39 is 0 Å². The molecule has 0 aromatic carbocycles. The highest BCUT2D eigenvalue weighted by Crippen LogP contribution is 2.01. The normalized spacial score (nSPS) is 10.2. The Hall–Kier alpha value is -1.32. The van der Waals surface area contributed by atoms with Crippen molar-refractivity contribution in [3.8, 4) is 0 Å². The molecule has 0 aliphatic heterocycles. The van der Waals surface area contributed by atoms with E-state index in [-0.39, 0.29) is 5.91 Å². The molecular formula is C10H17N3O. The van der Waals surface area contributed by atoms with Crippen molar-refractivity contribution in [2.45, 2.75) is 26.7 Å². The van der Waals surface area contributed by atoms with Crippen LogP contribution in [0, 0.1) is 6.92 Å². The number of amides is 1. The molecule has 0 fully saturated rings. The van der Waals surface area contributed by atoms with Crippen LogP contribution in [0.5, 0.6) is 0 Å². The number of carbonyl (C=O) groups is 1. The fourth-order valence-electron chi connectivity index (χ4n) is 1.29. The maximum Gasteiger partial charge on any atom is 0.269 e. The van der Waals surface area contributed by atoms with Crippen molar-refractivity contribution in [1.82, 2.24) is 15.1 Å². The summed E-state index contributed by atoms with van der Waals surface area (Å²) >= 11 is 0. The number of nitrogens with one attached hydrogen (secondary N) is 1. The second kappa shape index (κ2) is 4.79. The molecular weight excluding hydrogens is 178 g/mol. The van der Waals surface area contributed by atoms with Crippen molar-refractivity contribution in [3.63, 3.8) is 0 Å². The molecule has 0 aliphatic carbocycles. The summed E-state index contributed by atoms with van der Waals surface area (Å²) in [5.74, 6) is -0.0402. The third kappa shape index (κ3) is 2.58. The van der Waals surface area contributed by atoms with Gasteiger partial charge in [0.15, 0.2) is 0 Å². The lowest BCUT2D eigenvalue weighted by atomic mass is 10.3. The van der Waals surface area contributed by atoms with Crippen LogP contribution in [-0.4, -0.2) is 22.2 Å². The quantitative estimate of drug-likeness (QED) is 0.735. The maximum absolute atomic E-state index is 11.6. The number of nitrogens with zero attached hydrogens (tertiary/aromatic N) is 2. The van der Waals surface area contributed by atoms with Gasteiger partial charge in [0.05, 0.1) is 5.69 Å². The van der Waals surface area contributed by atoms with E-state index in [0.717, 1.165) is 25.1 Å². The Morgan fingerprint density at radius 2 is 2.36 bits per heavy atom. The fourth-order valence-corrected chi connectivity index (χ4v) is 1.29. The molecule has 1 N–H and O–H groups in total. The zero-order chi connectivity index (χ0) is 10.6. The molecule has 1 amide bonds. The Bertz CT molecular complexity index is 317. The van der Waals surface area contributed by atoms with E-state index in [1.54, 1.807) is 17.8 Å². The number of hydrogen-bond acceptors (Lipinski definition) is 2. The van der Waals surface area contributed by atoms with Gasteiger partial charge in [-0.25, -0.2) is 0 Å². The summed E-state index contributed by atoms with van der Waals surface area (Å²) in [4.78, 5) is 11.6. The minimum absolute atomic E-state index is 0.0402. The van der Waals surface area contributed by atoms with E-state index in [1.165, 1.54) is 0 Å². The molecule has 1 aromatic rings. The first-order valence-electron chi connectivity index (χ1n) is 4.94. The predicted molar refractivity (Wildman–Crippen MR) is 55.2 cm³/mol. The van der Waals surface area contributed by atoms with E-state index >= 15 is 0 Å². The van der Waals surface area contributed by atoms with E-state index in [0.29, 0.717) is 5.69 Å². The second-order valence-corrected chi connectivity index (χ2v) is 3.40. The highest BCUT2D eigenvalue weighted by atomic mass is 16.2. The first kappa shape index (κ1) is 10.8. The monoisotopic (exact) mass is 195 g/mol. The van der Waals surface area contributed by atoms with E-state index in [9.17, 15) is 4.79 Å². The SMILES string of the molecule is CCCCNC(=O)c1cc(C)nn1C. The van der Waals surface area contributed by atoms with Crippen LogP contribution in [0.2, 0.25) is 0 Å². The number of aromatic nitrogens is 2. The fraction of sp³-hybridized carbons (Fsp3) is 0.600. The lowest BCUT2D eigenvalue weighted by Gasteiger charge is -2.03. The predicted octanol–water partition coefficient (Wildman–Crippen LogP) is 1.26. The molecule has 1 heterocycles. The zero-order valence-electron chi connectivity index (χ0n) is 9.00. The molecule has 78 valence electrons. The van der Waals surface area contributed by atoms with Gasteiger partial charge in [-0.2, -0.15) is 5.10 Å². The summed E-state index contributed by atoms with van der Waals surface area (Å²) in [7, 11) is 1.78. The zero-order valence-corrected chi connectivity index (χ0v) is 9.00. The summed E-state index contributed by atoms with van der Waals surface area (Å²) in [6, 6.07) is 1.79. The van der Waals surface area contributed by atoms with Crippen molar-refractivity contribution < 1.29 is 4.79 Å². The van der Waals surface area contributed by atoms with Crippen LogP contribution in [0.4, 0.5) is 0 Å². The van der Waals surface area contributed by atoms with Crippen LogP contribution in [0.3, 0.4) is 0 Å². The summed E-state index contributed by atoms with van der Waals surface area (Å²) in [5, 5.41) is 6.97. The molecule has 1 rings (SSSR count). The average molecular weight is 195 g/mol. The van der Waals surface area contributed by atoms with Crippen molar-refractivity contribution in [1.29, 1.82) is 0 Å². The molecule has 4 heteroatoms. The third-order valence-electron chi connectivity index (χ3n) is 2.05. The Kier molecular flexibility index (Phi) is 3.68. The van der Waals surface area contributed by atoms with Crippen molar-refractivity contribution in [3.05, 3.63) is 17.5 Å². The van der Waals surface area contributed by atoms with E-state index in [4.69, 9.17) is 0 Å². The molecule has 0 spiro atoms. The Balaban J connectivity index is 2.56. The number of hydrogen-bond donors (Lipinski definition) is 1. The molecule has 1 aromatic heterocycles. The van der Waals surface area contributed by atoms with E-state index in [2.05, 4.69) is 17.3 Å². The molecule has 0 unspecified atom stereocenters.